The van der Waals surface area contributed by atoms with E-state index in [9.17, 15) is 14.7 Å². The zero-order valence-electron chi connectivity index (χ0n) is 11.6. The fourth-order valence-corrected chi connectivity index (χ4v) is 3.04. The summed E-state index contributed by atoms with van der Waals surface area (Å²) in [6.07, 6.45) is 3.55. The van der Waals surface area contributed by atoms with Gasteiger partial charge in [-0.05, 0) is 18.9 Å². The Bertz CT molecular complexity index is 529. The lowest BCUT2D eigenvalue weighted by atomic mass is 9.78. The minimum atomic E-state index is -0.944. The van der Waals surface area contributed by atoms with Crippen LogP contribution in [0.5, 0.6) is 11.5 Å². The number of carbonyl (C=O) groups excluding carboxylic acids is 1. The molecule has 1 fully saturated rings. The SMILES string of the molecule is COc1c(C=O)ccc(C2(C(=O)O)CCCC2)c1OC. The van der Waals surface area contributed by atoms with E-state index in [4.69, 9.17) is 9.47 Å². The van der Waals surface area contributed by atoms with Gasteiger partial charge in [-0.25, -0.2) is 0 Å². The van der Waals surface area contributed by atoms with Gasteiger partial charge in [0.15, 0.2) is 17.8 Å². The molecule has 5 heteroatoms. The van der Waals surface area contributed by atoms with Crippen LogP contribution in [0.1, 0.15) is 41.6 Å². The number of carbonyl (C=O) groups is 2. The van der Waals surface area contributed by atoms with Crippen LogP contribution in [0.3, 0.4) is 0 Å². The highest BCUT2D eigenvalue weighted by Crippen LogP contribution is 2.48. The number of aliphatic carboxylic acids is 1. The van der Waals surface area contributed by atoms with Gasteiger partial charge in [-0.15, -0.1) is 0 Å². The van der Waals surface area contributed by atoms with Crippen molar-refractivity contribution in [2.45, 2.75) is 31.1 Å². The molecule has 0 bridgehead atoms. The second kappa shape index (κ2) is 5.53. The second-order valence-corrected chi connectivity index (χ2v) is 4.98. The minimum absolute atomic E-state index is 0.299. The molecule has 0 unspecified atom stereocenters. The number of carboxylic acid groups (broad SMARTS) is 1. The summed E-state index contributed by atoms with van der Waals surface area (Å²) in [7, 11) is 2.90. The first-order valence-electron chi connectivity index (χ1n) is 6.54. The Morgan fingerprint density at radius 2 is 1.80 bits per heavy atom. The van der Waals surface area contributed by atoms with Crippen LogP contribution in [-0.2, 0) is 10.2 Å². The number of methoxy groups -OCH3 is 2. The van der Waals surface area contributed by atoms with E-state index in [1.54, 1.807) is 12.1 Å². The first kappa shape index (κ1) is 14.4. The molecule has 0 radical (unpaired) electrons. The van der Waals surface area contributed by atoms with Crippen LogP contribution >= 0.6 is 0 Å². The Kier molecular flexibility index (Phi) is 3.97. The van der Waals surface area contributed by atoms with E-state index < -0.39 is 11.4 Å². The predicted molar refractivity (Wildman–Crippen MR) is 72.7 cm³/mol. The maximum Gasteiger partial charge on any atom is 0.314 e. The Balaban J connectivity index is 2.67. The molecule has 0 saturated heterocycles. The fourth-order valence-electron chi connectivity index (χ4n) is 3.04. The molecule has 20 heavy (non-hydrogen) atoms. The number of aldehydes is 1. The normalized spacial score (nSPS) is 16.7. The molecule has 1 aliphatic carbocycles. The standard InChI is InChI=1S/C15H18O5/c1-19-12-10(9-16)5-6-11(13(12)20-2)15(14(17)18)7-3-4-8-15/h5-6,9H,3-4,7-8H2,1-2H3,(H,17,18). The van der Waals surface area contributed by atoms with Crippen molar-refractivity contribution in [2.24, 2.45) is 0 Å². The first-order chi connectivity index (χ1) is 9.60. The lowest BCUT2D eigenvalue weighted by Crippen LogP contribution is -2.33. The molecule has 1 aromatic rings. The third kappa shape index (κ3) is 2.03. The number of benzene rings is 1. The molecule has 0 spiro atoms. The summed E-state index contributed by atoms with van der Waals surface area (Å²) < 4.78 is 10.6. The molecule has 1 aliphatic rings. The number of ether oxygens (including phenoxy) is 2. The van der Waals surface area contributed by atoms with Crippen LogP contribution in [0.25, 0.3) is 0 Å². The zero-order chi connectivity index (χ0) is 14.8. The summed E-state index contributed by atoms with van der Waals surface area (Å²) in [5, 5.41) is 9.66. The van der Waals surface area contributed by atoms with E-state index in [0.717, 1.165) is 12.8 Å². The van der Waals surface area contributed by atoms with Crippen LogP contribution in [-0.4, -0.2) is 31.6 Å². The number of carboxylic acids is 1. The average Bonchev–Trinajstić information content (AvgIpc) is 2.96. The van der Waals surface area contributed by atoms with Gasteiger partial charge < -0.3 is 14.6 Å². The summed E-state index contributed by atoms with van der Waals surface area (Å²) in [6, 6.07) is 3.26. The monoisotopic (exact) mass is 278 g/mol. The van der Waals surface area contributed by atoms with Crippen molar-refractivity contribution in [3.8, 4) is 11.5 Å². The van der Waals surface area contributed by atoms with Crippen LogP contribution in [0.4, 0.5) is 0 Å². The van der Waals surface area contributed by atoms with Crippen molar-refractivity contribution in [3.63, 3.8) is 0 Å². The molecule has 0 atom stereocenters. The maximum absolute atomic E-state index is 11.8. The van der Waals surface area contributed by atoms with Crippen LogP contribution < -0.4 is 9.47 Å². The highest BCUT2D eigenvalue weighted by Gasteiger charge is 2.45. The van der Waals surface area contributed by atoms with E-state index in [-0.39, 0.29) is 0 Å². The van der Waals surface area contributed by atoms with Gasteiger partial charge in [0.2, 0.25) is 0 Å². The van der Waals surface area contributed by atoms with Gasteiger partial charge in [0.25, 0.3) is 0 Å². The molecule has 1 aromatic carbocycles. The van der Waals surface area contributed by atoms with Gasteiger partial charge in [0, 0.05) is 5.56 Å². The average molecular weight is 278 g/mol. The van der Waals surface area contributed by atoms with Gasteiger partial charge in [0.1, 0.15) is 0 Å². The van der Waals surface area contributed by atoms with E-state index in [0.29, 0.717) is 41.8 Å². The van der Waals surface area contributed by atoms with Gasteiger partial charge in [0.05, 0.1) is 25.2 Å². The Morgan fingerprint density at radius 3 is 2.25 bits per heavy atom. The van der Waals surface area contributed by atoms with E-state index in [1.807, 2.05) is 0 Å². The molecule has 0 amide bonds. The molecule has 0 aliphatic heterocycles. The van der Waals surface area contributed by atoms with Gasteiger partial charge >= 0.3 is 5.97 Å². The molecule has 108 valence electrons. The predicted octanol–water partition coefficient (Wildman–Crippen LogP) is 2.41. The molecular formula is C15H18O5. The molecule has 0 aromatic heterocycles. The van der Waals surface area contributed by atoms with Crippen LogP contribution in [0.2, 0.25) is 0 Å². The van der Waals surface area contributed by atoms with Gasteiger partial charge in [-0.3, -0.25) is 9.59 Å². The molecular weight excluding hydrogens is 260 g/mol. The van der Waals surface area contributed by atoms with E-state index in [2.05, 4.69) is 0 Å². The van der Waals surface area contributed by atoms with Gasteiger partial charge in [-0.2, -0.15) is 0 Å². The Hall–Kier alpha value is -2.04. The maximum atomic E-state index is 11.8. The minimum Gasteiger partial charge on any atom is -0.493 e. The van der Waals surface area contributed by atoms with Crippen LogP contribution in [0, 0.1) is 0 Å². The molecule has 5 nitrogen and oxygen atoms in total. The Morgan fingerprint density at radius 1 is 1.20 bits per heavy atom. The van der Waals surface area contributed by atoms with Crippen molar-refractivity contribution in [1.82, 2.24) is 0 Å². The molecule has 0 heterocycles. The van der Waals surface area contributed by atoms with Crippen molar-refractivity contribution >= 4 is 12.3 Å². The highest BCUT2D eigenvalue weighted by atomic mass is 16.5. The quantitative estimate of drug-likeness (QED) is 0.837. The number of hydrogen-bond donors (Lipinski definition) is 1. The third-order valence-electron chi connectivity index (χ3n) is 4.06. The van der Waals surface area contributed by atoms with E-state index in [1.165, 1.54) is 14.2 Å². The highest BCUT2D eigenvalue weighted by molar-refractivity contribution is 5.87. The molecule has 1 saturated carbocycles. The summed E-state index contributed by atoms with van der Waals surface area (Å²) >= 11 is 0. The summed E-state index contributed by atoms with van der Waals surface area (Å²) in [6.45, 7) is 0. The van der Waals surface area contributed by atoms with Crippen molar-refractivity contribution < 1.29 is 24.2 Å². The Labute approximate surface area is 117 Å². The fraction of sp³-hybridized carbons (Fsp3) is 0.467. The largest absolute Gasteiger partial charge is 0.493 e. The second-order valence-electron chi connectivity index (χ2n) is 4.98. The smallest absolute Gasteiger partial charge is 0.314 e. The van der Waals surface area contributed by atoms with Crippen molar-refractivity contribution in [2.75, 3.05) is 14.2 Å². The molecule has 1 N–H and O–H groups in total. The van der Waals surface area contributed by atoms with Crippen LogP contribution in [0.15, 0.2) is 12.1 Å². The summed E-state index contributed by atoms with van der Waals surface area (Å²) in [5.74, 6) is -0.205. The summed E-state index contributed by atoms with van der Waals surface area (Å²) in [5.41, 5.74) is -0.000809. The number of rotatable bonds is 5. The topological polar surface area (TPSA) is 72.8 Å². The van der Waals surface area contributed by atoms with Crippen molar-refractivity contribution in [3.05, 3.63) is 23.3 Å². The number of hydrogen-bond acceptors (Lipinski definition) is 4. The van der Waals surface area contributed by atoms with Crippen molar-refractivity contribution in [1.29, 1.82) is 0 Å². The lowest BCUT2D eigenvalue weighted by molar-refractivity contribution is -0.143. The third-order valence-corrected chi connectivity index (χ3v) is 4.06. The van der Waals surface area contributed by atoms with Gasteiger partial charge in [-0.1, -0.05) is 18.9 Å². The zero-order valence-corrected chi connectivity index (χ0v) is 11.6. The lowest BCUT2D eigenvalue weighted by Gasteiger charge is -2.27. The first-order valence-corrected chi connectivity index (χ1v) is 6.54. The van der Waals surface area contributed by atoms with E-state index >= 15 is 0 Å². The summed E-state index contributed by atoms with van der Waals surface area (Å²) in [4.78, 5) is 22.8. The molecule has 2 rings (SSSR count).